The van der Waals surface area contributed by atoms with Gasteiger partial charge in [-0.05, 0) is 43.1 Å². The predicted octanol–water partition coefficient (Wildman–Crippen LogP) is 1.94. The quantitative estimate of drug-likeness (QED) is 0.913. The van der Waals surface area contributed by atoms with Gasteiger partial charge >= 0.3 is 0 Å². The van der Waals surface area contributed by atoms with Crippen LogP contribution < -0.4 is 5.73 Å². The molecule has 2 heterocycles. The lowest BCUT2D eigenvalue weighted by Crippen LogP contribution is -2.47. The number of carbonyl (C=O) groups is 2. The van der Waals surface area contributed by atoms with E-state index >= 15 is 0 Å². The Balaban J connectivity index is 1.59. The fourth-order valence-corrected chi connectivity index (χ4v) is 4.85. The molecule has 2 aliphatic heterocycles. The largest absolute Gasteiger partial charge is 0.340 e. The lowest BCUT2D eigenvalue weighted by molar-refractivity contribution is -0.147. The molecule has 0 aromatic heterocycles. The van der Waals surface area contributed by atoms with Gasteiger partial charge < -0.3 is 15.5 Å². The van der Waals surface area contributed by atoms with E-state index in [1.807, 2.05) is 35.2 Å². The van der Waals surface area contributed by atoms with E-state index < -0.39 is 6.04 Å². The van der Waals surface area contributed by atoms with Gasteiger partial charge in [0.15, 0.2) is 0 Å². The first-order valence-electron chi connectivity index (χ1n) is 9.54. The van der Waals surface area contributed by atoms with E-state index in [-0.39, 0.29) is 17.9 Å². The van der Waals surface area contributed by atoms with Crippen molar-refractivity contribution in [2.24, 2.45) is 17.6 Å². The molecule has 0 radical (unpaired) electrons. The third-order valence-electron chi connectivity index (χ3n) is 6.24. The molecule has 4 atom stereocenters. The van der Waals surface area contributed by atoms with Crippen molar-refractivity contribution >= 4 is 11.8 Å². The summed E-state index contributed by atoms with van der Waals surface area (Å²) in [5.74, 6) is 1.14. The third kappa shape index (κ3) is 3.06. The predicted molar refractivity (Wildman–Crippen MR) is 95.5 cm³/mol. The van der Waals surface area contributed by atoms with Crippen LogP contribution in [-0.4, -0.2) is 47.3 Å². The molecule has 1 saturated carbocycles. The molecule has 1 aromatic rings. The average Bonchev–Trinajstić information content (AvgIpc) is 3.20. The molecular formula is C20H27N3O2. The highest BCUT2D eigenvalue weighted by Crippen LogP contribution is 2.39. The Hall–Kier alpha value is -1.88. The van der Waals surface area contributed by atoms with Crippen LogP contribution in [0.5, 0.6) is 0 Å². The van der Waals surface area contributed by atoms with Gasteiger partial charge in [0, 0.05) is 32.1 Å². The number of nitrogens with two attached hydrogens (primary N) is 1. The minimum Gasteiger partial charge on any atom is -0.340 e. The first kappa shape index (κ1) is 16.6. The van der Waals surface area contributed by atoms with E-state index in [2.05, 4.69) is 0 Å². The molecule has 0 spiro atoms. The molecule has 25 heavy (non-hydrogen) atoms. The van der Waals surface area contributed by atoms with Crippen LogP contribution >= 0.6 is 0 Å². The number of benzene rings is 1. The molecule has 4 unspecified atom stereocenters. The fraction of sp³-hybridized carbons (Fsp3) is 0.600. The van der Waals surface area contributed by atoms with Crippen molar-refractivity contribution in [3.8, 4) is 0 Å². The summed E-state index contributed by atoms with van der Waals surface area (Å²) in [7, 11) is 0. The number of likely N-dealkylation sites (tertiary alicyclic amines) is 2. The molecule has 2 N–H and O–H groups in total. The monoisotopic (exact) mass is 341 g/mol. The first-order chi connectivity index (χ1) is 12.1. The fourth-order valence-electron chi connectivity index (χ4n) is 4.85. The maximum atomic E-state index is 13.4. The van der Waals surface area contributed by atoms with Crippen molar-refractivity contribution in [2.75, 3.05) is 19.6 Å². The van der Waals surface area contributed by atoms with Crippen molar-refractivity contribution in [2.45, 2.75) is 44.2 Å². The Morgan fingerprint density at radius 1 is 1.12 bits per heavy atom. The number of carbonyl (C=O) groups excluding carboxylic acids is 2. The van der Waals surface area contributed by atoms with E-state index in [0.717, 1.165) is 44.3 Å². The number of rotatable bonds is 3. The second-order valence-electron chi connectivity index (χ2n) is 7.77. The zero-order chi connectivity index (χ0) is 17.4. The molecule has 3 fully saturated rings. The van der Waals surface area contributed by atoms with Crippen LogP contribution in [-0.2, 0) is 9.59 Å². The number of amides is 2. The zero-order valence-electron chi connectivity index (χ0n) is 14.6. The Kier molecular flexibility index (Phi) is 4.50. The van der Waals surface area contributed by atoms with Crippen LogP contribution in [0.25, 0.3) is 0 Å². The Morgan fingerprint density at radius 3 is 2.64 bits per heavy atom. The van der Waals surface area contributed by atoms with Crippen LogP contribution in [0.15, 0.2) is 30.3 Å². The van der Waals surface area contributed by atoms with Crippen molar-refractivity contribution in [3.05, 3.63) is 35.9 Å². The standard InChI is InChI=1S/C20H27N3O2/c21-17-10-9-15-12-22(13-16(15)17)20(25)19(14-6-2-1-3-7-14)23-11-5-4-8-18(23)24/h1-3,6-7,15-17,19H,4-5,8-13,21H2. The number of fused-ring (bicyclic) bond motifs is 1. The molecule has 0 bridgehead atoms. The highest BCUT2D eigenvalue weighted by molar-refractivity contribution is 5.89. The molecule has 2 saturated heterocycles. The highest BCUT2D eigenvalue weighted by Gasteiger charge is 2.45. The van der Waals surface area contributed by atoms with E-state index in [4.69, 9.17) is 5.73 Å². The van der Waals surface area contributed by atoms with Crippen LogP contribution in [0.1, 0.15) is 43.7 Å². The molecule has 4 rings (SSSR count). The second-order valence-corrected chi connectivity index (χ2v) is 7.77. The number of hydrogen-bond donors (Lipinski definition) is 1. The van der Waals surface area contributed by atoms with Crippen LogP contribution in [0.3, 0.4) is 0 Å². The summed E-state index contributed by atoms with van der Waals surface area (Å²) < 4.78 is 0. The maximum Gasteiger partial charge on any atom is 0.250 e. The summed E-state index contributed by atoms with van der Waals surface area (Å²) in [4.78, 5) is 29.7. The maximum absolute atomic E-state index is 13.4. The van der Waals surface area contributed by atoms with Gasteiger partial charge in [0.2, 0.25) is 11.8 Å². The number of hydrogen-bond acceptors (Lipinski definition) is 3. The summed E-state index contributed by atoms with van der Waals surface area (Å²) in [5.41, 5.74) is 7.15. The summed E-state index contributed by atoms with van der Waals surface area (Å²) in [6, 6.07) is 9.50. The van der Waals surface area contributed by atoms with Crippen molar-refractivity contribution in [1.29, 1.82) is 0 Å². The summed E-state index contributed by atoms with van der Waals surface area (Å²) in [6.45, 7) is 2.21. The van der Waals surface area contributed by atoms with E-state index in [1.54, 1.807) is 4.90 Å². The van der Waals surface area contributed by atoms with Gasteiger partial charge in [-0.25, -0.2) is 0 Å². The van der Waals surface area contributed by atoms with Gasteiger partial charge in [0.05, 0.1) is 0 Å². The number of piperidine rings is 1. The van der Waals surface area contributed by atoms with Gasteiger partial charge in [-0.2, -0.15) is 0 Å². The molecule has 5 nitrogen and oxygen atoms in total. The third-order valence-corrected chi connectivity index (χ3v) is 6.24. The lowest BCUT2D eigenvalue weighted by Gasteiger charge is -2.36. The van der Waals surface area contributed by atoms with Gasteiger partial charge in [-0.3, -0.25) is 9.59 Å². The summed E-state index contributed by atoms with van der Waals surface area (Å²) in [5, 5.41) is 0. The highest BCUT2D eigenvalue weighted by atomic mass is 16.2. The molecule has 1 aliphatic carbocycles. The second kappa shape index (κ2) is 6.79. The van der Waals surface area contributed by atoms with E-state index in [0.29, 0.717) is 24.8 Å². The topological polar surface area (TPSA) is 66.6 Å². The van der Waals surface area contributed by atoms with Crippen LogP contribution in [0, 0.1) is 11.8 Å². The van der Waals surface area contributed by atoms with Crippen LogP contribution in [0.2, 0.25) is 0 Å². The lowest BCUT2D eigenvalue weighted by atomic mass is 9.98. The summed E-state index contributed by atoms with van der Waals surface area (Å²) in [6.07, 6.45) is 4.64. The normalized spacial score (nSPS) is 30.4. The Morgan fingerprint density at radius 2 is 1.92 bits per heavy atom. The minimum atomic E-state index is -0.482. The smallest absolute Gasteiger partial charge is 0.250 e. The van der Waals surface area contributed by atoms with Gasteiger partial charge in [0.1, 0.15) is 6.04 Å². The van der Waals surface area contributed by atoms with Gasteiger partial charge in [-0.15, -0.1) is 0 Å². The molecule has 1 aromatic carbocycles. The summed E-state index contributed by atoms with van der Waals surface area (Å²) >= 11 is 0. The SMILES string of the molecule is NC1CCC2CN(C(=O)C(c3ccccc3)N3CCCCC3=O)CC12. The molecule has 5 heteroatoms. The van der Waals surface area contributed by atoms with Gasteiger partial charge in [0.25, 0.3) is 0 Å². The zero-order valence-corrected chi connectivity index (χ0v) is 14.6. The van der Waals surface area contributed by atoms with Crippen molar-refractivity contribution in [1.82, 2.24) is 9.80 Å². The minimum absolute atomic E-state index is 0.0723. The molecule has 3 aliphatic rings. The van der Waals surface area contributed by atoms with Gasteiger partial charge in [-0.1, -0.05) is 30.3 Å². The van der Waals surface area contributed by atoms with Crippen LogP contribution in [0.4, 0.5) is 0 Å². The molecule has 134 valence electrons. The first-order valence-corrected chi connectivity index (χ1v) is 9.54. The van der Waals surface area contributed by atoms with Crippen molar-refractivity contribution in [3.63, 3.8) is 0 Å². The average molecular weight is 341 g/mol. The van der Waals surface area contributed by atoms with Crippen molar-refractivity contribution < 1.29 is 9.59 Å². The Labute approximate surface area is 149 Å². The molecular weight excluding hydrogens is 314 g/mol. The number of nitrogens with zero attached hydrogens (tertiary/aromatic N) is 2. The van der Waals surface area contributed by atoms with E-state index in [1.165, 1.54) is 0 Å². The molecule has 2 amide bonds. The van der Waals surface area contributed by atoms with E-state index in [9.17, 15) is 9.59 Å². The Bertz CT molecular complexity index is 648.